The summed E-state index contributed by atoms with van der Waals surface area (Å²) < 4.78 is 1.17. The summed E-state index contributed by atoms with van der Waals surface area (Å²) in [6.45, 7) is 8.88. The van der Waals surface area contributed by atoms with Crippen molar-refractivity contribution in [2.24, 2.45) is 0 Å². The van der Waals surface area contributed by atoms with Crippen LogP contribution in [0.1, 0.15) is 46.5 Å². The maximum absolute atomic E-state index is 3.83. The summed E-state index contributed by atoms with van der Waals surface area (Å²) >= 11 is 9.38. The fourth-order valence-electron chi connectivity index (χ4n) is 1.88. The number of alkyl halides is 1. The van der Waals surface area contributed by atoms with Gasteiger partial charge in [0.05, 0.1) is 4.83 Å². The van der Waals surface area contributed by atoms with Crippen LogP contribution >= 0.6 is 43.2 Å². The second kappa shape index (κ2) is 5.71. The molecule has 0 radical (unpaired) electrons. The van der Waals surface area contributed by atoms with Crippen molar-refractivity contribution < 1.29 is 0 Å². The summed E-state index contributed by atoms with van der Waals surface area (Å²) in [5.41, 5.74) is 2.78. The van der Waals surface area contributed by atoms with Gasteiger partial charge in [0, 0.05) is 14.2 Å². The number of hydrogen-bond donors (Lipinski definition) is 0. The van der Waals surface area contributed by atoms with Crippen molar-refractivity contribution in [1.82, 2.24) is 0 Å². The van der Waals surface area contributed by atoms with Gasteiger partial charge < -0.3 is 0 Å². The van der Waals surface area contributed by atoms with Gasteiger partial charge >= 0.3 is 0 Å². The molecule has 0 aliphatic heterocycles. The predicted octanol–water partition coefficient (Wildman–Crippen LogP) is 6.60. The third-order valence-electron chi connectivity index (χ3n) is 3.04. The van der Waals surface area contributed by atoms with E-state index in [9.17, 15) is 0 Å². The molecule has 1 aromatic carbocycles. The van der Waals surface area contributed by atoms with Crippen molar-refractivity contribution in [3.8, 4) is 0 Å². The highest BCUT2D eigenvalue weighted by Gasteiger charge is 2.20. The zero-order valence-electron chi connectivity index (χ0n) is 11.6. The van der Waals surface area contributed by atoms with E-state index in [0.29, 0.717) is 0 Å². The van der Waals surface area contributed by atoms with Gasteiger partial charge in [0.25, 0.3) is 0 Å². The van der Waals surface area contributed by atoms with Crippen LogP contribution < -0.4 is 0 Å². The lowest BCUT2D eigenvalue weighted by Crippen LogP contribution is -2.07. The SMILES string of the molecule is Cc1ccc(C(Br)c2ccc(C(C)(C)C)s2)c(Br)c1. The second-order valence-corrected chi connectivity index (χ2v) is 8.72. The highest BCUT2D eigenvalue weighted by atomic mass is 79.9. The summed E-state index contributed by atoms with van der Waals surface area (Å²) in [6, 6.07) is 11.0. The van der Waals surface area contributed by atoms with E-state index in [4.69, 9.17) is 0 Å². The standard InChI is InChI=1S/C16H18Br2S/c1-10-5-6-11(12(17)9-10)15(18)13-7-8-14(19-13)16(2,3)4/h5-9,15H,1-4H3. The largest absolute Gasteiger partial charge is 0.143 e. The minimum absolute atomic E-state index is 0.222. The predicted molar refractivity (Wildman–Crippen MR) is 92.7 cm³/mol. The summed E-state index contributed by atoms with van der Waals surface area (Å²) in [6.07, 6.45) is 0. The number of aryl methyl sites for hydroxylation is 1. The Bertz CT molecular complexity index is 579. The number of hydrogen-bond acceptors (Lipinski definition) is 1. The average Bonchev–Trinajstić information content (AvgIpc) is 2.76. The Morgan fingerprint density at radius 2 is 1.79 bits per heavy atom. The van der Waals surface area contributed by atoms with Crippen LogP contribution in [0, 0.1) is 6.92 Å². The van der Waals surface area contributed by atoms with Gasteiger partial charge in [0.1, 0.15) is 0 Å². The smallest absolute Gasteiger partial charge is 0.0749 e. The second-order valence-electron chi connectivity index (χ2n) is 5.84. The van der Waals surface area contributed by atoms with Crippen LogP contribution in [0.25, 0.3) is 0 Å². The Morgan fingerprint density at radius 3 is 2.32 bits per heavy atom. The van der Waals surface area contributed by atoms with Gasteiger partial charge in [-0.05, 0) is 41.7 Å². The lowest BCUT2D eigenvalue weighted by Gasteiger charge is -2.16. The molecule has 102 valence electrons. The average molecular weight is 402 g/mol. The van der Waals surface area contributed by atoms with Crippen molar-refractivity contribution in [2.45, 2.75) is 37.9 Å². The molecular weight excluding hydrogens is 384 g/mol. The molecule has 1 unspecified atom stereocenters. The molecule has 1 atom stereocenters. The molecule has 1 aromatic heterocycles. The fourth-order valence-corrected chi connectivity index (χ4v) is 4.81. The summed E-state index contributed by atoms with van der Waals surface area (Å²) in [4.78, 5) is 3.04. The van der Waals surface area contributed by atoms with E-state index in [1.165, 1.54) is 25.4 Å². The van der Waals surface area contributed by atoms with Crippen LogP contribution in [0.15, 0.2) is 34.8 Å². The quantitative estimate of drug-likeness (QED) is 0.497. The molecule has 0 saturated carbocycles. The first-order valence-corrected chi connectivity index (χ1v) is 8.82. The van der Waals surface area contributed by atoms with E-state index >= 15 is 0 Å². The fraction of sp³-hybridized carbons (Fsp3) is 0.375. The van der Waals surface area contributed by atoms with Gasteiger partial charge in [-0.15, -0.1) is 11.3 Å². The maximum atomic E-state index is 3.83. The molecule has 0 spiro atoms. The number of halogens is 2. The van der Waals surface area contributed by atoms with E-state index in [2.05, 4.69) is 89.9 Å². The van der Waals surface area contributed by atoms with Crippen LogP contribution in [0.5, 0.6) is 0 Å². The Labute approximate surface area is 136 Å². The van der Waals surface area contributed by atoms with Gasteiger partial charge in [0.2, 0.25) is 0 Å². The number of benzene rings is 1. The Hall–Kier alpha value is -0.120. The van der Waals surface area contributed by atoms with Crippen LogP contribution in [0.3, 0.4) is 0 Å². The topological polar surface area (TPSA) is 0 Å². The van der Waals surface area contributed by atoms with Crippen molar-refractivity contribution >= 4 is 43.2 Å². The van der Waals surface area contributed by atoms with Crippen LogP contribution in [0.2, 0.25) is 0 Å². The van der Waals surface area contributed by atoms with E-state index in [1.54, 1.807) is 0 Å². The Kier molecular flexibility index (Phi) is 4.59. The zero-order valence-corrected chi connectivity index (χ0v) is 15.6. The monoisotopic (exact) mass is 400 g/mol. The molecule has 0 fully saturated rings. The van der Waals surface area contributed by atoms with Gasteiger partial charge in [-0.1, -0.05) is 64.8 Å². The lowest BCUT2D eigenvalue weighted by atomic mass is 9.95. The molecule has 3 heteroatoms. The molecule has 0 N–H and O–H groups in total. The van der Waals surface area contributed by atoms with Crippen LogP contribution in [0.4, 0.5) is 0 Å². The lowest BCUT2D eigenvalue weighted by molar-refractivity contribution is 0.604. The summed E-state index contributed by atoms with van der Waals surface area (Å²) in [5, 5.41) is 0. The first kappa shape index (κ1) is 15.3. The van der Waals surface area contributed by atoms with Gasteiger partial charge in [-0.3, -0.25) is 0 Å². The molecule has 2 rings (SSSR count). The first-order chi connectivity index (χ1) is 8.79. The summed E-state index contributed by atoms with van der Waals surface area (Å²) in [7, 11) is 0. The normalized spacial score (nSPS) is 13.6. The molecule has 0 saturated heterocycles. The molecule has 0 bridgehead atoms. The molecule has 0 amide bonds. The molecule has 1 heterocycles. The zero-order chi connectivity index (χ0) is 14.2. The first-order valence-electron chi connectivity index (χ1n) is 6.29. The molecule has 2 aromatic rings. The molecule has 0 aliphatic carbocycles. The van der Waals surface area contributed by atoms with E-state index < -0.39 is 0 Å². The third kappa shape index (κ3) is 3.50. The third-order valence-corrected chi connectivity index (χ3v) is 6.60. The number of thiophene rings is 1. The van der Waals surface area contributed by atoms with Crippen LogP contribution in [-0.2, 0) is 5.41 Å². The molecule has 0 aliphatic rings. The minimum Gasteiger partial charge on any atom is -0.143 e. The van der Waals surface area contributed by atoms with Gasteiger partial charge in [0.15, 0.2) is 0 Å². The Morgan fingerprint density at radius 1 is 1.11 bits per heavy atom. The van der Waals surface area contributed by atoms with E-state index in [-0.39, 0.29) is 10.2 Å². The molecule has 0 nitrogen and oxygen atoms in total. The van der Waals surface area contributed by atoms with E-state index in [0.717, 1.165) is 0 Å². The van der Waals surface area contributed by atoms with Crippen molar-refractivity contribution in [1.29, 1.82) is 0 Å². The van der Waals surface area contributed by atoms with Gasteiger partial charge in [-0.2, -0.15) is 0 Å². The molecule has 19 heavy (non-hydrogen) atoms. The minimum atomic E-state index is 0.222. The van der Waals surface area contributed by atoms with E-state index in [1.807, 2.05) is 11.3 Å². The van der Waals surface area contributed by atoms with Gasteiger partial charge in [-0.25, -0.2) is 0 Å². The van der Waals surface area contributed by atoms with Crippen molar-refractivity contribution in [3.05, 3.63) is 55.7 Å². The maximum Gasteiger partial charge on any atom is 0.0749 e. The highest BCUT2D eigenvalue weighted by molar-refractivity contribution is 9.11. The highest BCUT2D eigenvalue weighted by Crippen LogP contribution is 2.41. The number of rotatable bonds is 2. The van der Waals surface area contributed by atoms with Crippen LogP contribution in [-0.4, -0.2) is 0 Å². The van der Waals surface area contributed by atoms with Crippen molar-refractivity contribution in [2.75, 3.05) is 0 Å². The molecular formula is C16H18Br2S. The van der Waals surface area contributed by atoms with Crippen molar-refractivity contribution in [3.63, 3.8) is 0 Å². The summed E-state index contributed by atoms with van der Waals surface area (Å²) in [5.74, 6) is 0. The Balaban J connectivity index is 2.34.